The predicted molar refractivity (Wildman–Crippen MR) is 110 cm³/mol. The van der Waals surface area contributed by atoms with Gasteiger partial charge in [-0.15, -0.1) is 0 Å². The van der Waals surface area contributed by atoms with Gasteiger partial charge in [-0.3, -0.25) is 9.59 Å². The molecular weight excluding hydrogens is 388 g/mol. The number of rotatable bonds is 5. The second-order valence-electron chi connectivity index (χ2n) is 7.72. The summed E-state index contributed by atoms with van der Waals surface area (Å²) in [5.74, 6) is 0.522. The number of piperidine rings is 2. The zero-order valence-corrected chi connectivity index (χ0v) is 17.9. The fraction of sp³-hybridized carbons (Fsp3) is 0.591. The lowest BCUT2D eigenvalue weighted by Crippen LogP contribution is -2.48. The molecule has 0 saturated carbocycles. The zero-order valence-electron chi connectivity index (χ0n) is 17.9. The van der Waals surface area contributed by atoms with E-state index in [-0.39, 0.29) is 23.9 Å². The molecular formula is C22H30N2O6. The molecule has 3 rings (SSSR count). The first kappa shape index (κ1) is 21.9. The number of benzene rings is 1. The number of likely N-dealkylation sites (tertiary alicyclic amines) is 2. The molecule has 2 aliphatic heterocycles. The second-order valence-corrected chi connectivity index (χ2v) is 7.72. The molecule has 0 aliphatic carbocycles. The lowest BCUT2D eigenvalue weighted by molar-refractivity contribution is -0.147. The Kier molecular flexibility index (Phi) is 7.18. The summed E-state index contributed by atoms with van der Waals surface area (Å²) in [5, 5.41) is 0. The number of amides is 2. The van der Waals surface area contributed by atoms with Crippen LogP contribution in [-0.4, -0.2) is 73.6 Å². The van der Waals surface area contributed by atoms with Crippen molar-refractivity contribution in [1.82, 2.24) is 9.80 Å². The number of hydrogen-bond acceptors (Lipinski definition) is 6. The molecule has 0 bridgehead atoms. The van der Waals surface area contributed by atoms with Crippen LogP contribution in [0.15, 0.2) is 18.2 Å². The fourth-order valence-electron chi connectivity index (χ4n) is 4.09. The Morgan fingerprint density at radius 1 is 0.967 bits per heavy atom. The zero-order chi connectivity index (χ0) is 21.7. The highest BCUT2D eigenvalue weighted by molar-refractivity contribution is 5.97. The van der Waals surface area contributed by atoms with Gasteiger partial charge >= 0.3 is 5.97 Å². The minimum Gasteiger partial charge on any atom is -0.493 e. The number of carbonyl (C=O) groups excluding carboxylic acids is 3. The van der Waals surface area contributed by atoms with E-state index < -0.39 is 6.04 Å². The summed E-state index contributed by atoms with van der Waals surface area (Å²) in [6.07, 6.45) is 3.84. The summed E-state index contributed by atoms with van der Waals surface area (Å²) in [4.78, 5) is 40.1. The first-order chi connectivity index (χ1) is 14.4. The van der Waals surface area contributed by atoms with Crippen molar-refractivity contribution in [3.63, 3.8) is 0 Å². The van der Waals surface area contributed by atoms with Crippen LogP contribution < -0.4 is 9.47 Å². The van der Waals surface area contributed by atoms with Gasteiger partial charge in [-0.25, -0.2) is 4.79 Å². The summed E-state index contributed by atoms with van der Waals surface area (Å²) >= 11 is 0. The number of methoxy groups -OCH3 is 2. The quantitative estimate of drug-likeness (QED) is 0.682. The van der Waals surface area contributed by atoms with Gasteiger partial charge in [0.1, 0.15) is 12.1 Å². The summed E-state index contributed by atoms with van der Waals surface area (Å²) in [6.45, 7) is 3.44. The molecule has 8 nitrogen and oxygen atoms in total. The third kappa shape index (κ3) is 4.86. The van der Waals surface area contributed by atoms with Gasteiger partial charge in [-0.2, -0.15) is 0 Å². The smallest absolute Gasteiger partial charge is 0.328 e. The van der Waals surface area contributed by atoms with E-state index in [2.05, 4.69) is 0 Å². The van der Waals surface area contributed by atoms with Crippen LogP contribution in [-0.2, 0) is 14.3 Å². The highest BCUT2D eigenvalue weighted by Crippen LogP contribution is 2.32. The summed E-state index contributed by atoms with van der Waals surface area (Å²) in [6, 6.07) is 4.55. The minimum absolute atomic E-state index is 0.0122. The van der Waals surface area contributed by atoms with Gasteiger partial charge in [-0.1, -0.05) is 0 Å². The monoisotopic (exact) mass is 418 g/mol. The maximum atomic E-state index is 13.1. The van der Waals surface area contributed by atoms with Crippen molar-refractivity contribution in [3.05, 3.63) is 23.8 Å². The highest BCUT2D eigenvalue weighted by Gasteiger charge is 2.33. The van der Waals surface area contributed by atoms with E-state index in [1.165, 1.54) is 14.2 Å². The topological polar surface area (TPSA) is 85.4 Å². The predicted octanol–water partition coefficient (Wildman–Crippen LogP) is 2.25. The van der Waals surface area contributed by atoms with Crippen molar-refractivity contribution in [1.29, 1.82) is 0 Å². The number of nitrogens with zero attached hydrogens (tertiary/aromatic N) is 2. The van der Waals surface area contributed by atoms with Crippen LogP contribution in [0.4, 0.5) is 0 Å². The van der Waals surface area contributed by atoms with E-state index in [4.69, 9.17) is 14.2 Å². The van der Waals surface area contributed by atoms with Gasteiger partial charge in [0.2, 0.25) is 5.91 Å². The third-order valence-electron chi connectivity index (χ3n) is 5.83. The fourth-order valence-corrected chi connectivity index (χ4v) is 4.09. The molecule has 30 heavy (non-hydrogen) atoms. The molecule has 0 radical (unpaired) electrons. The molecule has 8 heteroatoms. The SMILES string of the molecule is COC(=O)[C@@H]1CCCCN1C(=O)c1ccc(OC2CCN(C(C)=O)CC2)c(OC)c1. The van der Waals surface area contributed by atoms with Crippen molar-refractivity contribution in [3.8, 4) is 11.5 Å². The highest BCUT2D eigenvalue weighted by atomic mass is 16.5. The van der Waals surface area contributed by atoms with Gasteiger partial charge < -0.3 is 24.0 Å². The van der Waals surface area contributed by atoms with E-state index >= 15 is 0 Å². The second kappa shape index (κ2) is 9.82. The minimum atomic E-state index is -0.551. The Balaban J connectivity index is 1.71. The van der Waals surface area contributed by atoms with Crippen LogP contribution in [0.5, 0.6) is 11.5 Å². The van der Waals surface area contributed by atoms with E-state index in [0.717, 1.165) is 25.7 Å². The maximum Gasteiger partial charge on any atom is 0.328 e. The molecule has 1 aromatic carbocycles. The molecule has 2 amide bonds. The molecule has 1 atom stereocenters. The number of ether oxygens (including phenoxy) is 3. The van der Waals surface area contributed by atoms with Crippen molar-refractivity contribution >= 4 is 17.8 Å². The Morgan fingerprint density at radius 3 is 2.33 bits per heavy atom. The molecule has 1 aromatic rings. The molecule has 2 fully saturated rings. The number of esters is 1. The molecule has 2 saturated heterocycles. The molecule has 2 heterocycles. The molecule has 0 N–H and O–H groups in total. The van der Waals surface area contributed by atoms with Crippen molar-refractivity contribution in [2.45, 2.75) is 51.2 Å². The lowest BCUT2D eigenvalue weighted by Gasteiger charge is -2.34. The van der Waals surface area contributed by atoms with E-state index in [9.17, 15) is 14.4 Å². The van der Waals surface area contributed by atoms with Crippen LogP contribution in [0.2, 0.25) is 0 Å². The molecule has 164 valence electrons. The largest absolute Gasteiger partial charge is 0.493 e. The maximum absolute atomic E-state index is 13.1. The van der Waals surface area contributed by atoms with Gasteiger partial charge in [-0.05, 0) is 37.5 Å². The number of hydrogen-bond donors (Lipinski definition) is 0. The van der Waals surface area contributed by atoms with Crippen LogP contribution in [0.3, 0.4) is 0 Å². The average Bonchev–Trinajstić information content (AvgIpc) is 2.78. The first-order valence-corrected chi connectivity index (χ1v) is 10.4. The van der Waals surface area contributed by atoms with Gasteiger partial charge in [0.25, 0.3) is 5.91 Å². The molecule has 0 spiro atoms. The standard InChI is InChI=1S/C22H30N2O6/c1-15(25)23-12-9-17(10-13-23)30-19-8-7-16(14-20(19)28-2)21(26)24-11-5-4-6-18(24)22(27)29-3/h7-8,14,17-18H,4-6,9-13H2,1-3H3/t18-/m0/s1. The van der Waals surface area contributed by atoms with E-state index in [1.54, 1.807) is 30.0 Å². The Bertz CT molecular complexity index is 788. The third-order valence-corrected chi connectivity index (χ3v) is 5.83. The van der Waals surface area contributed by atoms with E-state index in [1.807, 2.05) is 4.90 Å². The molecule has 0 unspecified atom stereocenters. The van der Waals surface area contributed by atoms with E-state index in [0.29, 0.717) is 43.1 Å². The van der Waals surface area contributed by atoms with Crippen LogP contribution in [0, 0.1) is 0 Å². The summed E-state index contributed by atoms with van der Waals surface area (Å²) in [7, 11) is 2.88. The summed E-state index contributed by atoms with van der Waals surface area (Å²) < 4.78 is 16.4. The van der Waals surface area contributed by atoms with Crippen LogP contribution in [0.25, 0.3) is 0 Å². The molecule has 0 aromatic heterocycles. The Labute approximate surface area is 177 Å². The first-order valence-electron chi connectivity index (χ1n) is 10.4. The van der Waals surface area contributed by atoms with Crippen LogP contribution in [0.1, 0.15) is 49.4 Å². The van der Waals surface area contributed by atoms with Gasteiger partial charge in [0, 0.05) is 45.0 Å². The molecule has 2 aliphatic rings. The summed E-state index contributed by atoms with van der Waals surface area (Å²) in [5.41, 5.74) is 0.446. The number of carbonyl (C=O) groups is 3. The van der Waals surface area contributed by atoms with Gasteiger partial charge in [0.15, 0.2) is 11.5 Å². The Hall–Kier alpha value is -2.77. The van der Waals surface area contributed by atoms with Crippen LogP contribution >= 0.6 is 0 Å². The van der Waals surface area contributed by atoms with Crippen molar-refractivity contribution < 1.29 is 28.6 Å². The average molecular weight is 418 g/mol. The normalized spacial score (nSPS) is 19.9. The van der Waals surface area contributed by atoms with Crippen molar-refractivity contribution in [2.75, 3.05) is 33.9 Å². The van der Waals surface area contributed by atoms with Crippen molar-refractivity contribution in [2.24, 2.45) is 0 Å². The van der Waals surface area contributed by atoms with Gasteiger partial charge in [0.05, 0.1) is 14.2 Å². The lowest BCUT2D eigenvalue weighted by atomic mass is 10.0. The Morgan fingerprint density at radius 2 is 1.70 bits per heavy atom.